The van der Waals surface area contributed by atoms with Crippen molar-refractivity contribution in [3.8, 4) is 0 Å². The van der Waals surface area contributed by atoms with Crippen LogP contribution in [0.1, 0.15) is 63.5 Å². The van der Waals surface area contributed by atoms with E-state index in [1.165, 1.54) is 5.56 Å². The van der Waals surface area contributed by atoms with Gasteiger partial charge in [0.1, 0.15) is 6.10 Å². The van der Waals surface area contributed by atoms with Gasteiger partial charge in [-0.25, -0.2) is 4.79 Å². The minimum atomic E-state index is -0.284. The summed E-state index contributed by atoms with van der Waals surface area (Å²) in [7, 11) is 0. The molecule has 0 unspecified atom stereocenters. The van der Waals surface area contributed by atoms with Crippen LogP contribution in [0.4, 0.5) is 10.5 Å². The molecule has 0 saturated carbocycles. The number of ether oxygens (including phenoxy) is 1. The monoisotopic (exact) mass is 387 g/mol. The van der Waals surface area contributed by atoms with Crippen LogP contribution in [-0.2, 0) is 9.53 Å². The molecule has 2 aliphatic rings. The molecule has 2 fully saturated rings. The van der Waals surface area contributed by atoms with Gasteiger partial charge in [-0.1, -0.05) is 39.8 Å². The number of hydrogen-bond acceptors (Lipinski definition) is 3. The number of urea groups is 1. The first-order valence-electron chi connectivity index (χ1n) is 10.5. The number of hydrogen-bond donors (Lipinski definition) is 1. The summed E-state index contributed by atoms with van der Waals surface area (Å²) < 4.78 is 5.50. The van der Waals surface area contributed by atoms with Crippen molar-refractivity contribution in [1.82, 2.24) is 9.80 Å². The number of anilines is 1. The van der Waals surface area contributed by atoms with Crippen molar-refractivity contribution in [2.75, 3.05) is 38.1 Å². The maximum atomic E-state index is 12.8. The van der Waals surface area contributed by atoms with Crippen LogP contribution < -0.4 is 5.32 Å². The number of piperazine rings is 1. The highest BCUT2D eigenvalue weighted by Gasteiger charge is 2.31. The van der Waals surface area contributed by atoms with Crippen LogP contribution in [0.2, 0.25) is 0 Å². The Bertz CT molecular complexity index is 703. The molecule has 0 spiro atoms. The third-order valence-corrected chi connectivity index (χ3v) is 5.69. The van der Waals surface area contributed by atoms with Crippen LogP contribution >= 0.6 is 0 Å². The average Bonchev–Trinajstić information content (AvgIpc) is 3.22. The molecule has 2 saturated heterocycles. The third-order valence-electron chi connectivity index (χ3n) is 5.69. The summed E-state index contributed by atoms with van der Waals surface area (Å²) >= 11 is 0. The van der Waals surface area contributed by atoms with Gasteiger partial charge in [-0.05, 0) is 41.9 Å². The van der Waals surface area contributed by atoms with Crippen molar-refractivity contribution in [3.63, 3.8) is 0 Å². The lowest BCUT2D eigenvalue weighted by atomic mass is 9.94. The first kappa shape index (κ1) is 20.6. The zero-order valence-corrected chi connectivity index (χ0v) is 17.5. The Morgan fingerprint density at radius 1 is 1.04 bits per heavy atom. The summed E-state index contributed by atoms with van der Waals surface area (Å²) in [6, 6.07) is 6.20. The number of carbonyl (C=O) groups excluding carboxylic acids is 2. The van der Waals surface area contributed by atoms with E-state index in [0.29, 0.717) is 44.6 Å². The third kappa shape index (κ3) is 4.66. The fraction of sp³-hybridized carbons (Fsp3) is 0.636. The van der Waals surface area contributed by atoms with E-state index in [0.717, 1.165) is 24.1 Å². The van der Waals surface area contributed by atoms with Gasteiger partial charge in [0.25, 0.3) is 5.91 Å². The molecule has 3 amide bonds. The topological polar surface area (TPSA) is 61.9 Å². The quantitative estimate of drug-likeness (QED) is 0.855. The molecule has 3 rings (SSSR count). The Labute approximate surface area is 168 Å². The normalized spacial score (nSPS) is 20.1. The molecule has 2 heterocycles. The van der Waals surface area contributed by atoms with Crippen molar-refractivity contribution in [2.24, 2.45) is 0 Å². The van der Waals surface area contributed by atoms with E-state index in [-0.39, 0.29) is 18.0 Å². The molecule has 1 aromatic rings. The number of carbonyl (C=O) groups is 2. The Hall–Kier alpha value is -2.08. The zero-order chi connectivity index (χ0) is 20.3. The molecule has 1 N–H and O–H groups in total. The second kappa shape index (κ2) is 8.95. The molecule has 1 aromatic carbocycles. The van der Waals surface area contributed by atoms with Gasteiger partial charge in [0, 0.05) is 38.5 Å². The van der Waals surface area contributed by atoms with Crippen LogP contribution in [-0.4, -0.2) is 60.6 Å². The average molecular weight is 388 g/mol. The lowest BCUT2D eigenvalue weighted by Gasteiger charge is -2.35. The smallest absolute Gasteiger partial charge is 0.321 e. The summed E-state index contributed by atoms with van der Waals surface area (Å²) in [5.74, 6) is 0.857. The predicted octanol–water partition coefficient (Wildman–Crippen LogP) is 3.79. The number of rotatable bonds is 4. The van der Waals surface area contributed by atoms with Gasteiger partial charge in [-0.2, -0.15) is 0 Å². The van der Waals surface area contributed by atoms with E-state index >= 15 is 0 Å². The van der Waals surface area contributed by atoms with E-state index in [9.17, 15) is 9.59 Å². The zero-order valence-electron chi connectivity index (χ0n) is 17.5. The maximum Gasteiger partial charge on any atom is 0.321 e. The summed E-state index contributed by atoms with van der Waals surface area (Å²) in [4.78, 5) is 28.9. The molecule has 154 valence electrons. The largest absolute Gasteiger partial charge is 0.368 e. The first-order valence-corrected chi connectivity index (χ1v) is 10.5. The lowest BCUT2D eigenvalue weighted by molar-refractivity contribution is -0.142. The summed E-state index contributed by atoms with van der Waals surface area (Å²) in [6.45, 7) is 11.5. The Kier molecular flexibility index (Phi) is 6.60. The molecule has 0 aromatic heterocycles. The highest BCUT2D eigenvalue weighted by atomic mass is 16.5. The Morgan fingerprint density at radius 3 is 2.29 bits per heavy atom. The summed E-state index contributed by atoms with van der Waals surface area (Å²) in [5.41, 5.74) is 3.32. The molecule has 2 aliphatic heterocycles. The minimum absolute atomic E-state index is 0.0731. The van der Waals surface area contributed by atoms with E-state index < -0.39 is 0 Å². The van der Waals surface area contributed by atoms with Gasteiger partial charge in [0.05, 0.1) is 0 Å². The van der Waals surface area contributed by atoms with Gasteiger partial charge in [0.15, 0.2) is 0 Å². The van der Waals surface area contributed by atoms with Crippen LogP contribution in [0, 0.1) is 0 Å². The molecule has 6 heteroatoms. The van der Waals surface area contributed by atoms with Gasteiger partial charge in [-0.3, -0.25) is 4.79 Å². The van der Waals surface area contributed by atoms with Crippen molar-refractivity contribution < 1.29 is 14.3 Å². The van der Waals surface area contributed by atoms with E-state index in [2.05, 4.69) is 45.1 Å². The van der Waals surface area contributed by atoms with Gasteiger partial charge < -0.3 is 19.9 Å². The predicted molar refractivity (Wildman–Crippen MR) is 111 cm³/mol. The van der Waals surface area contributed by atoms with Crippen molar-refractivity contribution >= 4 is 17.6 Å². The number of benzene rings is 1. The molecular formula is C22H33N3O3. The van der Waals surface area contributed by atoms with Gasteiger partial charge >= 0.3 is 6.03 Å². The molecule has 6 nitrogen and oxygen atoms in total. The van der Waals surface area contributed by atoms with Crippen LogP contribution in [0.25, 0.3) is 0 Å². The molecule has 0 aliphatic carbocycles. The Balaban J connectivity index is 1.59. The Morgan fingerprint density at radius 2 is 1.71 bits per heavy atom. The number of nitrogens with one attached hydrogen (secondary N) is 1. The van der Waals surface area contributed by atoms with Crippen molar-refractivity contribution in [1.29, 1.82) is 0 Å². The fourth-order valence-electron chi connectivity index (χ4n) is 3.83. The van der Waals surface area contributed by atoms with E-state index in [1.54, 1.807) is 4.90 Å². The molecule has 1 atom stereocenters. The summed E-state index contributed by atoms with van der Waals surface area (Å²) in [5, 5.41) is 3.09. The standard InChI is InChI=1S/C22H33N3O3/c1-15(2)17-7-8-19(18(14-17)16(3)4)23-22(27)25-11-9-24(10-12-25)21(26)20-6-5-13-28-20/h7-8,14-16,20H,5-6,9-13H2,1-4H3,(H,23,27)/t20-/m1/s1. The molecular weight excluding hydrogens is 354 g/mol. The number of amides is 3. The second-order valence-corrected chi connectivity index (χ2v) is 8.40. The molecule has 0 radical (unpaired) electrons. The van der Waals surface area contributed by atoms with Crippen LogP contribution in [0.5, 0.6) is 0 Å². The SMILES string of the molecule is CC(C)c1ccc(NC(=O)N2CCN(C(=O)[C@H]3CCCO3)CC2)c(C(C)C)c1. The first-order chi connectivity index (χ1) is 13.4. The van der Waals surface area contributed by atoms with Gasteiger partial charge in [0.2, 0.25) is 0 Å². The van der Waals surface area contributed by atoms with Gasteiger partial charge in [-0.15, -0.1) is 0 Å². The number of nitrogens with zero attached hydrogens (tertiary/aromatic N) is 2. The van der Waals surface area contributed by atoms with Crippen molar-refractivity contribution in [2.45, 2.75) is 58.5 Å². The fourth-order valence-corrected chi connectivity index (χ4v) is 3.83. The molecule has 28 heavy (non-hydrogen) atoms. The van der Waals surface area contributed by atoms with E-state index in [1.807, 2.05) is 11.0 Å². The maximum absolute atomic E-state index is 12.8. The highest BCUT2D eigenvalue weighted by molar-refractivity contribution is 5.90. The highest BCUT2D eigenvalue weighted by Crippen LogP contribution is 2.28. The van der Waals surface area contributed by atoms with E-state index in [4.69, 9.17) is 4.74 Å². The van der Waals surface area contributed by atoms with Crippen LogP contribution in [0.3, 0.4) is 0 Å². The lowest BCUT2D eigenvalue weighted by Crippen LogP contribution is -2.53. The van der Waals surface area contributed by atoms with Crippen LogP contribution in [0.15, 0.2) is 18.2 Å². The molecule has 0 bridgehead atoms. The second-order valence-electron chi connectivity index (χ2n) is 8.40. The minimum Gasteiger partial charge on any atom is -0.368 e. The van der Waals surface area contributed by atoms with Crippen molar-refractivity contribution in [3.05, 3.63) is 29.3 Å². The summed E-state index contributed by atoms with van der Waals surface area (Å²) in [6.07, 6.45) is 1.48.